The van der Waals surface area contributed by atoms with Gasteiger partial charge in [-0.15, -0.1) is 0 Å². The Morgan fingerprint density at radius 3 is 2.42 bits per heavy atom. The van der Waals surface area contributed by atoms with Crippen LogP contribution in [0, 0.1) is 5.92 Å². The van der Waals surface area contributed by atoms with Gasteiger partial charge in [-0.1, -0.05) is 13.8 Å². The number of hydrogen-bond acceptors (Lipinski definition) is 2. The average molecular weight is 273 g/mol. The highest BCUT2D eigenvalue weighted by atomic mass is 19.4. The van der Waals surface area contributed by atoms with Crippen LogP contribution in [0.1, 0.15) is 36.2 Å². The molecule has 2 nitrogen and oxygen atoms in total. The maximum atomic E-state index is 12.8. The standard InChI is InChI=1S/C14H18F3NO/c1-10(2)6-7-18(3)12-5-4-11(9-19)13(8-12)14(15,16)17/h4-5,8-10H,6-7H2,1-3H3. The maximum Gasteiger partial charge on any atom is 0.417 e. The van der Waals surface area contributed by atoms with Gasteiger partial charge in [-0.05, 0) is 30.5 Å². The lowest BCUT2D eigenvalue weighted by Gasteiger charge is -2.22. The quantitative estimate of drug-likeness (QED) is 0.756. The number of alkyl halides is 3. The lowest BCUT2D eigenvalue weighted by atomic mass is 10.1. The molecule has 5 heteroatoms. The van der Waals surface area contributed by atoms with E-state index >= 15 is 0 Å². The SMILES string of the molecule is CC(C)CCN(C)c1ccc(C=O)c(C(F)(F)F)c1. The van der Waals surface area contributed by atoms with E-state index in [1.807, 2.05) is 0 Å². The molecular weight excluding hydrogens is 255 g/mol. The summed E-state index contributed by atoms with van der Waals surface area (Å²) in [7, 11) is 1.75. The molecule has 0 saturated carbocycles. The van der Waals surface area contributed by atoms with E-state index < -0.39 is 11.7 Å². The van der Waals surface area contributed by atoms with Gasteiger partial charge in [0, 0.05) is 24.8 Å². The molecule has 19 heavy (non-hydrogen) atoms. The molecule has 0 unspecified atom stereocenters. The van der Waals surface area contributed by atoms with Crippen molar-refractivity contribution in [3.05, 3.63) is 29.3 Å². The van der Waals surface area contributed by atoms with Crippen molar-refractivity contribution in [3.63, 3.8) is 0 Å². The second-order valence-corrected chi connectivity index (χ2v) is 4.99. The van der Waals surface area contributed by atoms with E-state index in [9.17, 15) is 18.0 Å². The van der Waals surface area contributed by atoms with Gasteiger partial charge in [0.05, 0.1) is 5.56 Å². The minimum atomic E-state index is -4.51. The van der Waals surface area contributed by atoms with Crippen LogP contribution in [0.5, 0.6) is 0 Å². The number of nitrogens with zero attached hydrogens (tertiary/aromatic N) is 1. The molecule has 0 spiro atoms. The zero-order valence-corrected chi connectivity index (χ0v) is 11.3. The summed E-state index contributed by atoms with van der Waals surface area (Å²) in [6.07, 6.45) is -3.38. The van der Waals surface area contributed by atoms with Crippen LogP contribution in [0.2, 0.25) is 0 Å². The predicted octanol–water partition coefficient (Wildman–Crippen LogP) is 4.00. The molecule has 0 radical (unpaired) electrons. The normalized spacial score (nSPS) is 11.7. The molecule has 0 aromatic heterocycles. The van der Waals surface area contributed by atoms with E-state index in [0.717, 1.165) is 12.5 Å². The van der Waals surface area contributed by atoms with Gasteiger partial charge in [0.25, 0.3) is 0 Å². The third-order valence-corrected chi connectivity index (χ3v) is 2.95. The highest BCUT2D eigenvalue weighted by Gasteiger charge is 2.33. The third kappa shape index (κ3) is 4.26. The molecule has 0 aliphatic heterocycles. The maximum absolute atomic E-state index is 12.8. The van der Waals surface area contributed by atoms with Crippen LogP contribution in [0.3, 0.4) is 0 Å². The Labute approximate surface area is 111 Å². The van der Waals surface area contributed by atoms with Crippen LogP contribution in [-0.4, -0.2) is 19.9 Å². The Morgan fingerprint density at radius 1 is 1.32 bits per heavy atom. The van der Waals surface area contributed by atoms with Crippen molar-refractivity contribution in [1.29, 1.82) is 0 Å². The summed E-state index contributed by atoms with van der Waals surface area (Å²) in [5.74, 6) is 0.485. The molecule has 0 N–H and O–H groups in total. The van der Waals surface area contributed by atoms with Crippen LogP contribution < -0.4 is 4.90 Å². The Kier molecular flexibility index (Phi) is 4.97. The molecular formula is C14H18F3NO. The lowest BCUT2D eigenvalue weighted by molar-refractivity contribution is -0.137. The number of anilines is 1. The fourth-order valence-electron chi connectivity index (χ4n) is 1.71. The van der Waals surface area contributed by atoms with E-state index in [2.05, 4.69) is 13.8 Å². The number of benzene rings is 1. The molecule has 0 fully saturated rings. The van der Waals surface area contributed by atoms with Crippen molar-refractivity contribution < 1.29 is 18.0 Å². The second kappa shape index (κ2) is 6.08. The fourth-order valence-corrected chi connectivity index (χ4v) is 1.71. The van der Waals surface area contributed by atoms with Crippen molar-refractivity contribution >= 4 is 12.0 Å². The number of carbonyl (C=O) groups is 1. The predicted molar refractivity (Wildman–Crippen MR) is 69.6 cm³/mol. The van der Waals surface area contributed by atoms with Crippen LogP contribution in [0.15, 0.2) is 18.2 Å². The van der Waals surface area contributed by atoms with E-state index in [1.54, 1.807) is 18.0 Å². The monoisotopic (exact) mass is 273 g/mol. The topological polar surface area (TPSA) is 20.3 Å². The van der Waals surface area contributed by atoms with Crippen molar-refractivity contribution in [2.75, 3.05) is 18.5 Å². The zero-order chi connectivity index (χ0) is 14.6. The molecule has 0 saturated heterocycles. The van der Waals surface area contributed by atoms with Gasteiger partial charge in [-0.3, -0.25) is 4.79 Å². The van der Waals surface area contributed by atoms with E-state index in [-0.39, 0.29) is 11.8 Å². The first-order valence-electron chi connectivity index (χ1n) is 6.13. The molecule has 0 atom stereocenters. The van der Waals surface area contributed by atoms with Crippen LogP contribution in [0.4, 0.5) is 18.9 Å². The van der Waals surface area contributed by atoms with Gasteiger partial charge in [-0.25, -0.2) is 0 Å². The van der Waals surface area contributed by atoms with Crippen LogP contribution >= 0.6 is 0 Å². The largest absolute Gasteiger partial charge is 0.417 e. The highest BCUT2D eigenvalue weighted by Crippen LogP contribution is 2.33. The Balaban J connectivity index is 3.01. The minimum Gasteiger partial charge on any atom is -0.375 e. The summed E-state index contributed by atoms with van der Waals surface area (Å²) < 4.78 is 38.4. The first kappa shape index (κ1) is 15.5. The molecule has 0 aliphatic rings. The van der Waals surface area contributed by atoms with Gasteiger partial charge >= 0.3 is 6.18 Å². The molecule has 106 valence electrons. The molecule has 0 amide bonds. The summed E-state index contributed by atoms with van der Waals surface area (Å²) in [4.78, 5) is 12.4. The zero-order valence-electron chi connectivity index (χ0n) is 11.3. The molecule has 0 bridgehead atoms. The van der Waals surface area contributed by atoms with Crippen LogP contribution in [-0.2, 0) is 6.18 Å². The van der Waals surface area contributed by atoms with Crippen molar-refractivity contribution in [2.24, 2.45) is 5.92 Å². The molecule has 1 aromatic carbocycles. The summed E-state index contributed by atoms with van der Waals surface area (Å²) in [6, 6.07) is 3.79. The number of hydrogen-bond donors (Lipinski definition) is 0. The molecule has 1 aromatic rings. The van der Waals surface area contributed by atoms with Crippen molar-refractivity contribution in [1.82, 2.24) is 0 Å². The van der Waals surface area contributed by atoms with Crippen molar-refractivity contribution in [3.8, 4) is 0 Å². The first-order valence-corrected chi connectivity index (χ1v) is 6.13. The summed E-state index contributed by atoms with van der Waals surface area (Å²) in [5, 5.41) is 0. The van der Waals surface area contributed by atoms with Crippen molar-refractivity contribution in [2.45, 2.75) is 26.4 Å². The summed E-state index contributed by atoms with van der Waals surface area (Å²) >= 11 is 0. The van der Waals surface area contributed by atoms with Gasteiger partial charge in [0.2, 0.25) is 0 Å². The molecule has 0 heterocycles. The second-order valence-electron chi connectivity index (χ2n) is 4.99. The molecule has 1 rings (SSSR count). The minimum absolute atomic E-state index is 0.237. The van der Waals surface area contributed by atoms with Gasteiger partial charge in [-0.2, -0.15) is 13.2 Å². The summed E-state index contributed by atoms with van der Waals surface area (Å²) in [6.45, 7) is 4.80. The lowest BCUT2D eigenvalue weighted by Crippen LogP contribution is -2.21. The molecule has 0 aliphatic carbocycles. The van der Waals surface area contributed by atoms with E-state index in [0.29, 0.717) is 18.2 Å². The Hall–Kier alpha value is -1.52. The Morgan fingerprint density at radius 2 is 1.95 bits per heavy atom. The van der Waals surface area contributed by atoms with Gasteiger partial charge in [0.1, 0.15) is 0 Å². The average Bonchev–Trinajstić information content (AvgIpc) is 2.34. The highest BCUT2D eigenvalue weighted by molar-refractivity contribution is 5.79. The number of halogens is 3. The number of aldehydes is 1. The smallest absolute Gasteiger partial charge is 0.375 e. The first-order chi connectivity index (χ1) is 8.75. The van der Waals surface area contributed by atoms with E-state index in [1.165, 1.54) is 6.07 Å². The van der Waals surface area contributed by atoms with E-state index in [4.69, 9.17) is 0 Å². The third-order valence-electron chi connectivity index (χ3n) is 2.95. The van der Waals surface area contributed by atoms with Gasteiger partial charge < -0.3 is 4.90 Å². The number of carbonyl (C=O) groups excluding carboxylic acids is 1. The van der Waals surface area contributed by atoms with Crippen LogP contribution in [0.25, 0.3) is 0 Å². The number of rotatable bonds is 5. The fraction of sp³-hybridized carbons (Fsp3) is 0.500. The summed E-state index contributed by atoms with van der Waals surface area (Å²) in [5.41, 5.74) is -0.733. The van der Waals surface area contributed by atoms with Gasteiger partial charge in [0.15, 0.2) is 6.29 Å². The Bertz CT molecular complexity index is 441.